The average molecular weight is 252 g/mol. The average Bonchev–Trinajstić information content (AvgIpc) is 2.91. The molecule has 0 spiro atoms. The van der Waals surface area contributed by atoms with E-state index < -0.39 is 0 Å². The molecule has 2 N–H and O–H groups in total. The van der Waals surface area contributed by atoms with Crippen LogP contribution in [0.15, 0.2) is 0 Å². The maximum atomic E-state index is 12.5. The van der Waals surface area contributed by atoms with Gasteiger partial charge in [-0.05, 0) is 37.6 Å². The van der Waals surface area contributed by atoms with Gasteiger partial charge in [0.15, 0.2) is 0 Å². The maximum absolute atomic E-state index is 12.5. The predicted octanol–water partition coefficient (Wildman–Crippen LogP) is 0.461. The molecule has 1 amide bonds. The number of fused-ring (bicyclic) bond motifs is 1. The summed E-state index contributed by atoms with van der Waals surface area (Å²) in [6, 6.07) is 0. The van der Waals surface area contributed by atoms with Crippen LogP contribution in [0.25, 0.3) is 0 Å². The Morgan fingerprint density at radius 1 is 1.28 bits per heavy atom. The zero-order valence-electron chi connectivity index (χ0n) is 11.1. The summed E-state index contributed by atoms with van der Waals surface area (Å²) in [6.45, 7) is 5.74. The Balaban J connectivity index is 1.60. The number of piperidine rings is 1. The minimum atomic E-state index is -0.170. The summed E-state index contributed by atoms with van der Waals surface area (Å²) in [5.41, 5.74) is 0. The number of hydrogen-bond donors (Lipinski definition) is 2. The largest absolute Gasteiger partial charge is 0.393 e. The summed E-state index contributed by atoms with van der Waals surface area (Å²) < 4.78 is 0. The number of likely N-dealkylation sites (tertiary alicyclic amines) is 1. The third kappa shape index (κ3) is 2.16. The van der Waals surface area contributed by atoms with E-state index in [2.05, 4.69) is 12.2 Å². The lowest BCUT2D eigenvalue weighted by atomic mass is 9.91. The first-order valence-corrected chi connectivity index (χ1v) is 7.32. The van der Waals surface area contributed by atoms with Crippen molar-refractivity contribution in [2.24, 2.45) is 23.7 Å². The molecule has 2 saturated heterocycles. The Bertz CT molecular complexity index is 334. The fourth-order valence-corrected chi connectivity index (χ4v) is 4.02. The number of hydrogen-bond acceptors (Lipinski definition) is 3. The van der Waals surface area contributed by atoms with E-state index in [4.69, 9.17) is 0 Å². The van der Waals surface area contributed by atoms with Crippen molar-refractivity contribution in [3.8, 4) is 0 Å². The van der Waals surface area contributed by atoms with Gasteiger partial charge in [-0.25, -0.2) is 0 Å². The van der Waals surface area contributed by atoms with Gasteiger partial charge >= 0.3 is 0 Å². The van der Waals surface area contributed by atoms with E-state index in [1.807, 2.05) is 4.90 Å². The molecule has 5 atom stereocenters. The highest BCUT2D eigenvalue weighted by molar-refractivity contribution is 5.79. The fraction of sp³-hybridized carbons (Fsp3) is 0.929. The molecule has 3 fully saturated rings. The first-order valence-electron chi connectivity index (χ1n) is 7.32. The van der Waals surface area contributed by atoms with Crippen LogP contribution in [0.2, 0.25) is 0 Å². The van der Waals surface area contributed by atoms with Crippen molar-refractivity contribution in [2.75, 3.05) is 26.2 Å². The molecule has 2 heterocycles. The van der Waals surface area contributed by atoms with Gasteiger partial charge in [0, 0.05) is 25.6 Å². The van der Waals surface area contributed by atoms with Gasteiger partial charge in [-0.2, -0.15) is 0 Å². The van der Waals surface area contributed by atoms with Crippen LogP contribution in [0, 0.1) is 23.7 Å². The first-order chi connectivity index (χ1) is 8.65. The molecule has 0 radical (unpaired) electrons. The first kappa shape index (κ1) is 12.4. The van der Waals surface area contributed by atoms with Crippen molar-refractivity contribution in [3.05, 3.63) is 0 Å². The number of aliphatic hydroxyl groups is 1. The number of rotatable bonds is 1. The van der Waals surface area contributed by atoms with E-state index in [-0.39, 0.29) is 12.0 Å². The maximum Gasteiger partial charge on any atom is 0.226 e. The van der Waals surface area contributed by atoms with Gasteiger partial charge in [0.25, 0.3) is 0 Å². The lowest BCUT2D eigenvalue weighted by Crippen LogP contribution is -2.45. The van der Waals surface area contributed by atoms with E-state index >= 15 is 0 Å². The summed E-state index contributed by atoms with van der Waals surface area (Å²) in [4.78, 5) is 14.5. The van der Waals surface area contributed by atoms with Crippen LogP contribution in [-0.2, 0) is 4.79 Å². The normalized spacial score (nSPS) is 44.1. The lowest BCUT2D eigenvalue weighted by molar-refractivity contribution is -0.135. The van der Waals surface area contributed by atoms with Crippen molar-refractivity contribution >= 4 is 5.91 Å². The van der Waals surface area contributed by atoms with Crippen LogP contribution in [0.1, 0.15) is 26.2 Å². The van der Waals surface area contributed by atoms with Gasteiger partial charge in [0.2, 0.25) is 5.91 Å². The van der Waals surface area contributed by atoms with Gasteiger partial charge in [0.05, 0.1) is 12.0 Å². The zero-order chi connectivity index (χ0) is 12.7. The van der Waals surface area contributed by atoms with Crippen LogP contribution in [0.5, 0.6) is 0 Å². The molecule has 4 heteroatoms. The van der Waals surface area contributed by atoms with E-state index in [0.717, 1.165) is 45.4 Å². The summed E-state index contributed by atoms with van der Waals surface area (Å²) in [6.07, 6.45) is 2.87. The monoisotopic (exact) mass is 252 g/mol. The number of nitrogens with zero attached hydrogens (tertiary/aromatic N) is 1. The van der Waals surface area contributed by atoms with Crippen LogP contribution in [-0.4, -0.2) is 48.2 Å². The molecule has 1 saturated carbocycles. The highest BCUT2D eigenvalue weighted by atomic mass is 16.3. The highest BCUT2D eigenvalue weighted by Crippen LogP contribution is 2.38. The van der Waals surface area contributed by atoms with Gasteiger partial charge in [-0.1, -0.05) is 6.92 Å². The Morgan fingerprint density at radius 2 is 2.11 bits per heavy atom. The van der Waals surface area contributed by atoms with E-state index in [0.29, 0.717) is 23.7 Å². The second-order valence-corrected chi connectivity index (χ2v) is 6.51. The summed E-state index contributed by atoms with van der Waals surface area (Å²) in [7, 11) is 0. The molecule has 18 heavy (non-hydrogen) atoms. The molecule has 5 unspecified atom stereocenters. The Hall–Kier alpha value is -0.610. The Morgan fingerprint density at radius 3 is 2.83 bits per heavy atom. The minimum Gasteiger partial charge on any atom is -0.393 e. The Kier molecular flexibility index (Phi) is 3.32. The molecule has 1 aliphatic carbocycles. The minimum absolute atomic E-state index is 0.157. The zero-order valence-corrected chi connectivity index (χ0v) is 11.1. The predicted molar refractivity (Wildman–Crippen MR) is 68.9 cm³/mol. The molecular weight excluding hydrogens is 228 g/mol. The van der Waals surface area contributed by atoms with Crippen molar-refractivity contribution in [3.63, 3.8) is 0 Å². The number of carbonyl (C=O) groups is 1. The number of amides is 1. The fourth-order valence-electron chi connectivity index (χ4n) is 4.02. The molecule has 0 aromatic carbocycles. The van der Waals surface area contributed by atoms with E-state index in [9.17, 15) is 9.90 Å². The Labute approximate surface area is 109 Å². The quantitative estimate of drug-likeness (QED) is 0.713. The SMILES string of the molecule is CC1CNCC(C(=O)N2CC3CCC(O)C3C2)C1. The van der Waals surface area contributed by atoms with Crippen molar-refractivity contribution in [1.82, 2.24) is 10.2 Å². The molecule has 3 rings (SSSR count). The van der Waals surface area contributed by atoms with Crippen molar-refractivity contribution in [2.45, 2.75) is 32.3 Å². The summed E-state index contributed by atoms with van der Waals surface area (Å²) >= 11 is 0. The number of aliphatic hydroxyl groups excluding tert-OH is 1. The van der Waals surface area contributed by atoms with Gasteiger partial charge in [-0.15, -0.1) is 0 Å². The van der Waals surface area contributed by atoms with Crippen LogP contribution >= 0.6 is 0 Å². The molecule has 2 aliphatic heterocycles. The van der Waals surface area contributed by atoms with E-state index in [1.54, 1.807) is 0 Å². The molecule has 0 aromatic heterocycles. The molecule has 4 nitrogen and oxygen atoms in total. The second-order valence-electron chi connectivity index (χ2n) is 6.51. The highest BCUT2D eigenvalue weighted by Gasteiger charge is 2.44. The van der Waals surface area contributed by atoms with Gasteiger partial charge < -0.3 is 15.3 Å². The van der Waals surface area contributed by atoms with Crippen LogP contribution in [0.4, 0.5) is 0 Å². The topological polar surface area (TPSA) is 52.6 Å². The number of carbonyl (C=O) groups excluding carboxylic acids is 1. The van der Waals surface area contributed by atoms with Gasteiger partial charge in [0.1, 0.15) is 0 Å². The third-order valence-electron chi connectivity index (χ3n) is 5.05. The lowest BCUT2D eigenvalue weighted by Gasteiger charge is -2.30. The summed E-state index contributed by atoms with van der Waals surface area (Å²) in [5, 5.41) is 13.3. The molecular formula is C14H24N2O2. The third-order valence-corrected chi connectivity index (χ3v) is 5.05. The molecule has 102 valence electrons. The van der Waals surface area contributed by atoms with Gasteiger partial charge in [-0.3, -0.25) is 4.79 Å². The summed E-state index contributed by atoms with van der Waals surface area (Å²) in [5.74, 6) is 1.97. The van der Waals surface area contributed by atoms with Crippen LogP contribution < -0.4 is 5.32 Å². The molecule has 0 bridgehead atoms. The van der Waals surface area contributed by atoms with Crippen molar-refractivity contribution in [1.29, 1.82) is 0 Å². The van der Waals surface area contributed by atoms with Crippen molar-refractivity contribution < 1.29 is 9.90 Å². The second kappa shape index (κ2) is 4.82. The number of nitrogens with one attached hydrogen (secondary N) is 1. The van der Waals surface area contributed by atoms with Crippen LogP contribution in [0.3, 0.4) is 0 Å². The molecule has 0 aromatic rings. The standard InChI is InChI=1S/C14H24N2O2/c1-9-4-11(6-15-5-9)14(18)16-7-10-2-3-13(17)12(10)8-16/h9-13,15,17H,2-8H2,1H3. The smallest absolute Gasteiger partial charge is 0.226 e. The van der Waals surface area contributed by atoms with E-state index in [1.165, 1.54) is 0 Å². The molecule has 3 aliphatic rings.